The molecular formula is C16H23NO3. The third-order valence-corrected chi connectivity index (χ3v) is 3.29. The topological polar surface area (TPSA) is 47.6 Å². The molecule has 0 spiro atoms. The van der Waals surface area contributed by atoms with Gasteiger partial charge in [-0.25, -0.2) is 4.79 Å². The molecule has 20 heavy (non-hydrogen) atoms. The fourth-order valence-corrected chi connectivity index (χ4v) is 2.27. The van der Waals surface area contributed by atoms with Gasteiger partial charge in [-0.05, 0) is 57.4 Å². The molecule has 0 radical (unpaired) electrons. The van der Waals surface area contributed by atoms with Crippen LogP contribution in [0, 0.1) is 0 Å². The van der Waals surface area contributed by atoms with Crippen LogP contribution in [0.15, 0.2) is 24.3 Å². The van der Waals surface area contributed by atoms with Crippen molar-refractivity contribution in [1.82, 2.24) is 0 Å². The van der Waals surface area contributed by atoms with Gasteiger partial charge in [0.2, 0.25) is 0 Å². The molecule has 1 saturated heterocycles. The first-order valence-electron chi connectivity index (χ1n) is 7.30. The molecule has 0 aromatic heterocycles. The number of ether oxygens (including phenoxy) is 2. The van der Waals surface area contributed by atoms with Crippen LogP contribution in [-0.4, -0.2) is 31.3 Å². The summed E-state index contributed by atoms with van der Waals surface area (Å²) in [7, 11) is 0. The Morgan fingerprint density at radius 3 is 2.70 bits per heavy atom. The van der Waals surface area contributed by atoms with Gasteiger partial charge in [-0.2, -0.15) is 0 Å². The van der Waals surface area contributed by atoms with Gasteiger partial charge in [0.1, 0.15) is 0 Å². The molecule has 1 aromatic rings. The maximum absolute atomic E-state index is 11.7. The summed E-state index contributed by atoms with van der Waals surface area (Å²) in [6.07, 6.45) is 3.15. The summed E-state index contributed by atoms with van der Waals surface area (Å²) in [4.78, 5) is 11.7. The molecule has 0 bridgehead atoms. The predicted octanol–water partition coefficient (Wildman–Crippen LogP) is 3.23. The van der Waals surface area contributed by atoms with Crippen molar-refractivity contribution in [2.45, 2.75) is 45.3 Å². The molecule has 2 rings (SSSR count). The minimum absolute atomic E-state index is 0.0914. The molecule has 1 atom stereocenters. The van der Waals surface area contributed by atoms with Gasteiger partial charge in [0.05, 0.1) is 11.7 Å². The fraction of sp³-hybridized carbons (Fsp3) is 0.562. The molecule has 1 aliphatic rings. The molecule has 1 fully saturated rings. The number of hydrogen-bond acceptors (Lipinski definition) is 4. The SMILES string of the molecule is CC(C)OC(=O)c1ccc(NC2CCCOCC2)cc1. The van der Waals surface area contributed by atoms with Crippen LogP contribution in [0.3, 0.4) is 0 Å². The Bertz CT molecular complexity index is 420. The van der Waals surface area contributed by atoms with E-state index in [1.807, 2.05) is 26.0 Å². The second-order valence-electron chi connectivity index (χ2n) is 5.42. The van der Waals surface area contributed by atoms with Crippen molar-refractivity contribution in [2.75, 3.05) is 18.5 Å². The Morgan fingerprint density at radius 1 is 1.25 bits per heavy atom. The first-order chi connectivity index (χ1) is 9.65. The van der Waals surface area contributed by atoms with E-state index in [2.05, 4.69) is 5.32 Å². The van der Waals surface area contributed by atoms with Crippen LogP contribution in [0.5, 0.6) is 0 Å². The molecule has 1 unspecified atom stereocenters. The zero-order valence-corrected chi connectivity index (χ0v) is 12.2. The quantitative estimate of drug-likeness (QED) is 0.858. The Morgan fingerprint density at radius 2 is 2.00 bits per heavy atom. The van der Waals surface area contributed by atoms with Gasteiger partial charge in [-0.1, -0.05) is 0 Å². The van der Waals surface area contributed by atoms with E-state index in [-0.39, 0.29) is 12.1 Å². The van der Waals surface area contributed by atoms with E-state index >= 15 is 0 Å². The van der Waals surface area contributed by atoms with Crippen molar-refractivity contribution in [3.05, 3.63) is 29.8 Å². The third kappa shape index (κ3) is 4.53. The molecule has 4 nitrogen and oxygen atoms in total. The highest BCUT2D eigenvalue weighted by atomic mass is 16.5. The number of nitrogens with one attached hydrogen (secondary N) is 1. The number of hydrogen-bond donors (Lipinski definition) is 1. The molecular weight excluding hydrogens is 254 g/mol. The van der Waals surface area contributed by atoms with Crippen LogP contribution in [0.2, 0.25) is 0 Å². The Labute approximate surface area is 120 Å². The maximum Gasteiger partial charge on any atom is 0.338 e. The number of esters is 1. The monoisotopic (exact) mass is 277 g/mol. The van der Waals surface area contributed by atoms with E-state index in [4.69, 9.17) is 9.47 Å². The van der Waals surface area contributed by atoms with Crippen LogP contribution in [0.4, 0.5) is 5.69 Å². The van der Waals surface area contributed by atoms with Crippen LogP contribution < -0.4 is 5.32 Å². The molecule has 0 amide bonds. The van der Waals surface area contributed by atoms with Crippen LogP contribution in [-0.2, 0) is 9.47 Å². The normalized spacial score (nSPS) is 19.4. The van der Waals surface area contributed by atoms with Gasteiger partial charge in [0.25, 0.3) is 0 Å². The number of carbonyl (C=O) groups excluding carboxylic acids is 1. The molecule has 0 aliphatic carbocycles. The van der Waals surface area contributed by atoms with Crippen molar-refractivity contribution >= 4 is 11.7 Å². The lowest BCUT2D eigenvalue weighted by Gasteiger charge is -2.17. The van der Waals surface area contributed by atoms with Crippen molar-refractivity contribution < 1.29 is 14.3 Å². The summed E-state index contributed by atoms with van der Waals surface area (Å²) in [5.41, 5.74) is 1.63. The maximum atomic E-state index is 11.7. The van der Waals surface area contributed by atoms with Crippen LogP contribution >= 0.6 is 0 Å². The molecule has 1 aromatic carbocycles. The Kier molecular flexibility index (Phi) is 5.41. The van der Waals surface area contributed by atoms with Crippen molar-refractivity contribution in [3.8, 4) is 0 Å². The van der Waals surface area contributed by atoms with Crippen LogP contribution in [0.1, 0.15) is 43.5 Å². The average molecular weight is 277 g/mol. The van der Waals surface area contributed by atoms with E-state index in [1.165, 1.54) is 0 Å². The van der Waals surface area contributed by atoms with Crippen molar-refractivity contribution in [1.29, 1.82) is 0 Å². The second kappa shape index (κ2) is 7.29. The van der Waals surface area contributed by atoms with E-state index < -0.39 is 0 Å². The summed E-state index contributed by atoms with van der Waals surface area (Å²) in [6.45, 7) is 5.37. The summed E-state index contributed by atoms with van der Waals surface area (Å²) < 4.78 is 10.6. The van der Waals surface area contributed by atoms with Gasteiger partial charge < -0.3 is 14.8 Å². The Balaban J connectivity index is 1.92. The van der Waals surface area contributed by atoms with E-state index in [0.717, 1.165) is 38.2 Å². The van der Waals surface area contributed by atoms with Crippen molar-refractivity contribution in [3.63, 3.8) is 0 Å². The van der Waals surface area contributed by atoms with E-state index in [0.29, 0.717) is 11.6 Å². The van der Waals surface area contributed by atoms with Gasteiger partial charge in [-0.15, -0.1) is 0 Å². The largest absolute Gasteiger partial charge is 0.459 e. The average Bonchev–Trinajstić information content (AvgIpc) is 2.67. The smallest absolute Gasteiger partial charge is 0.338 e. The number of benzene rings is 1. The first kappa shape index (κ1) is 14.9. The highest BCUT2D eigenvalue weighted by Gasteiger charge is 2.13. The molecule has 4 heteroatoms. The first-order valence-corrected chi connectivity index (χ1v) is 7.30. The lowest BCUT2D eigenvalue weighted by molar-refractivity contribution is 0.0378. The molecule has 0 saturated carbocycles. The lowest BCUT2D eigenvalue weighted by Crippen LogP contribution is -2.19. The van der Waals surface area contributed by atoms with Gasteiger partial charge in [0, 0.05) is 24.9 Å². The number of rotatable bonds is 4. The van der Waals surface area contributed by atoms with Crippen LogP contribution in [0.25, 0.3) is 0 Å². The molecule has 110 valence electrons. The molecule has 1 aliphatic heterocycles. The summed E-state index contributed by atoms with van der Waals surface area (Å²) >= 11 is 0. The van der Waals surface area contributed by atoms with E-state index in [9.17, 15) is 4.79 Å². The highest BCUT2D eigenvalue weighted by Crippen LogP contribution is 2.17. The molecule has 1 N–H and O–H groups in total. The highest BCUT2D eigenvalue weighted by molar-refractivity contribution is 5.89. The van der Waals surface area contributed by atoms with Gasteiger partial charge in [0.15, 0.2) is 0 Å². The third-order valence-electron chi connectivity index (χ3n) is 3.29. The fourth-order valence-electron chi connectivity index (χ4n) is 2.27. The summed E-state index contributed by atoms with van der Waals surface area (Å²) in [5, 5.41) is 3.50. The van der Waals surface area contributed by atoms with Crippen molar-refractivity contribution in [2.24, 2.45) is 0 Å². The molecule has 1 heterocycles. The van der Waals surface area contributed by atoms with Gasteiger partial charge in [-0.3, -0.25) is 0 Å². The van der Waals surface area contributed by atoms with E-state index in [1.54, 1.807) is 12.1 Å². The predicted molar refractivity (Wildman–Crippen MR) is 79.1 cm³/mol. The standard InChI is InChI=1S/C16H23NO3/c1-12(2)20-16(18)13-5-7-15(8-6-13)17-14-4-3-10-19-11-9-14/h5-8,12,14,17H,3-4,9-11H2,1-2H3. The van der Waals surface area contributed by atoms with Gasteiger partial charge >= 0.3 is 5.97 Å². The summed E-state index contributed by atoms with van der Waals surface area (Å²) in [5.74, 6) is -0.269. The minimum atomic E-state index is -0.269. The lowest BCUT2D eigenvalue weighted by atomic mass is 10.1. The number of carbonyl (C=O) groups is 1. The summed E-state index contributed by atoms with van der Waals surface area (Å²) in [6, 6.07) is 7.93. The minimum Gasteiger partial charge on any atom is -0.459 e. The number of anilines is 1. The second-order valence-corrected chi connectivity index (χ2v) is 5.42. The Hall–Kier alpha value is -1.55. The zero-order chi connectivity index (χ0) is 14.4. The zero-order valence-electron chi connectivity index (χ0n) is 12.2.